The second-order valence-electron chi connectivity index (χ2n) is 4.72. The van der Waals surface area contributed by atoms with Crippen molar-refractivity contribution in [1.82, 2.24) is 4.90 Å². The van der Waals surface area contributed by atoms with E-state index in [-0.39, 0.29) is 0 Å². The number of aryl methyl sites for hydroxylation is 1. The highest BCUT2D eigenvalue weighted by atomic mass is 35.5. The van der Waals surface area contributed by atoms with Crippen LogP contribution in [0.15, 0.2) is 18.2 Å². The Morgan fingerprint density at radius 2 is 2.31 bits per heavy atom. The molecule has 0 aliphatic carbocycles. The van der Waals surface area contributed by atoms with Gasteiger partial charge in [-0.3, -0.25) is 4.90 Å². The minimum Gasteiger partial charge on any atom is -0.327 e. The minimum absolute atomic E-state index is 0.349. The van der Waals surface area contributed by atoms with E-state index in [9.17, 15) is 0 Å². The number of piperidine rings is 1. The summed E-state index contributed by atoms with van der Waals surface area (Å²) in [4.78, 5) is 2.43. The molecule has 1 atom stereocenters. The average molecular weight is 239 g/mol. The summed E-state index contributed by atoms with van der Waals surface area (Å²) in [6.07, 6.45) is 2.38. The molecule has 0 aromatic heterocycles. The number of rotatable bonds is 2. The van der Waals surface area contributed by atoms with Gasteiger partial charge < -0.3 is 5.73 Å². The summed E-state index contributed by atoms with van der Waals surface area (Å²) in [5.41, 5.74) is 8.45. The summed E-state index contributed by atoms with van der Waals surface area (Å²) >= 11 is 6.01. The average Bonchev–Trinajstić information content (AvgIpc) is 2.24. The van der Waals surface area contributed by atoms with Crippen LogP contribution in [0.1, 0.15) is 24.0 Å². The molecule has 0 radical (unpaired) electrons. The molecule has 88 valence electrons. The molecule has 1 fully saturated rings. The Labute approximate surface area is 102 Å². The lowest BCUT2D eigenvalue weighted by Crippen LogP contribution is -2.42. The lowest BCUT2D eigenvalue weighted by Gasteiger charge is -2.30. The third-order valence-corrected chi connectivity index (χ3v) is 3.59. The van der Waals surface area contributed by atoms with Crippen LogP contribution in [0, 0.1) is 6.92 Å². The van der Waals surface area contributed by atoms with Crippen LogP contribution in [0.5, 0.6) is 0 Å². The van der Waals surface area contributed by atoms with Gasteiger partial charge in [0.2, 0.25) is 0 Å². The topological polar surface area (TPSA) is 29.3 Å². The Bertz CT molecular complexity index is 365. The summed E-state index contributed by atoms with van der Waals surface area (Å²) < 4.78 is 0. The van der Waals surface area contributed by atoms with Crippen LogP contribution in [0.2, 0.25) is 5.02 Å². The number of likely N-dealkylation sites (tertiary alicyclic amines) is 1. The van der Waals surface area contributed by atoms with E-state index in [0.29, 0.717) is 6.04 Å². The zero-order chi connectivity index (χ0) is 11.5. The second-order valence-corrected chi connectivity index (χ2v) is 5.13. The molecule has 3 heteroatoms. The van der Waals surface area contributed by atoms with Gasteiger partial charge in [0.05, 0.1) is 0 Å². The van der Waals surface area contributed by atoms with E-state index in [2.05, 4.69) is 17.0 Å². The van der Waals surface area contributed by atoms with Gasteiger partial charge in [0.25, 0.3) is 0 Å². The van der Waals surface area contributed by atoms with E-state index in [0.717, 1.165) is 36.6 Å². The van der Waals surface area contributed by atoms with E-state index < -0.39 is 0 Å². The van der Waals surface area contributed by atoms with Crippen molar-refractivity contribution in [2.75, 3.05) is 13.1 Å². The lowest BCUT2D eigenvalue weighted by molar-refractivity contribution is 0.201. The van der Waals surface area contributed by atoms with E-state index in [1.807, 2.05) is 13.0 Å². The van der Waals surface area contributed by atoms with Gasteiger partial charge in [-0.25, -0.2) is 0 Å². The smallest absolute Gasteiger partial charge is 0.0435 e. The quantitative estimate of drug-likeness (QED) is 0.858. The maximum atomic E-state index is 6.01. The molecule has 2 nitrogen and oxygen atoms in total. The SMILES string of the molecule is Cc1cc(CN2CCC[C@@H](N)C2)ccc1Cl. The molecule has 1 aromatic rings. The number of hydrogen-bond donors (Lipinski definition) is 1. The standard InChI is InChI=1S/C13H19ClN2/c1-10-7-11(4-5-13(10)14)8-16-6-2-3-12(15)9-16/h4-5,7,12H,2-3,6,8-9,15H2,1H3/t12-/m1/s1. The van der Waals surface area contributed by atoms with Crippen molar-refractivity contribution in [2.45, 2.75) is 32.4 Å². The van der Waals surface area contributed by atoms with Gasteiger partial charge in [0, 0.05) is 24.2 Å². The molecular weight excluding hydrogens is 220 g/mol. The monoisotopic (exact) mass is 238 g/mol. The first-order chi connectivity index (χ1) is 7.65. The number of halogens is 1. The van der Waals surface area contributed by atoms with E-state index in [4.69, 9.17) is 17.3 Å². The normalized spacial score (nSPS) is 22.3. The molecule has 1 aromatic carbocycles. The van der Waals surface area contributed by atoms with Crippen LogP contribution in [0.4, 0.5) is 0 Å². The van der Waals surface area contributed by atoms with Crippen LogP contribution in [0.25, 0.3) is 0 Å². The molecule has 1 saturated heterocycles. The molecule has 2 rings (SSSR count). The van der Waals surface area contributed by atoms with E-state index in [1.54, 1.807) is 0 Å². The van der Waals surface area contributed by atoms with Gasteiger partial charge in [0.15, 0.2) is 0 Å². The first-order valence-electron chi connectivity index (χ1n) is 5.88. The first-order valence-corrected chi connectivity index (χ1v) is 6.26. The van der Waals surface area contributed by atoms with Crippen molar-refractivity contribution in [3.05, 3.63) is 34.3 Å². The summed E-state index contributed by atoms with van der Waals surface area (Å²) in [7, 11) is 0. The lowest BCUT2D eigenvalue weighted by atomic mass is 10.1. The predicted molar refractivity (Wildman–Crippen MR) is 68.7 cm³/mol. The third kappa shape index (κ3) is 2.97. The molecule has 0 amide bonds. The predicted octanol–water partition coefficient (Wildman–Crippen LogP) is 2.57. The molecule has 1 aliphatic heterocycles. The van der Waals surface area contributed by atoms with Crippen molar-refractivity contribution < 1.29 is 0 Å². The summed E-state index contributed by atoms with van der Waals surface area (Å²) in [5, 5.41) is 0.846. The van der Waals surface area contributed by atoms with Gasteiger partial charge in [-0.2, -0.15) is 0 Å². The van der Waals surface area contributed by atoms with Gasteiger partial charge in [-0.1, -0.05) is 23.7 Å². The molecule has 0 saturated carbocycles. The highest BCUT2D eigenvalue weighted by Crippen LogP contribution is 2.18. The van der Waals surface area contributed by atoms with E-state index >= 15 is 0 Å². The minimum atomic E-state index is 0.349. The van der Waals surface area contributed by atoms with E-state index in [1.165, 1.54) is 12.0 Å². The molecule has 0 bridgehead atoms. The Balaban J connectivity index is 2.00. The number of nitrogens with two attached hydrogens (primary N) is 1. The Hall–Kier alpha value is -0.570. The van der Waals surface area contributed by atoms with Crippen LogP contribution >= 0.6 is 11.6 Å². The number of benzene rings is 1. The van der Waals surface area contributed by atoms with Crippen LogP contribution in [-0.4, -0.2) is 24.0 Å². The molecule has 0 unspecified atom stereocenters. The zero-order valence-electron chi connectivity index (χ0n) is 9.75. The highest BCUT2D eigenvalue weighted by molar-refractivity contribution is 6.31. The van der Waals surface area contributed by atoms with Gasteiger partial charge in [-0.15, -0.1) is 0 Å². The fourth-order valence-corrected chi connectivity index (χ4v) is 2.42. The van der Waals surface area contributed by atoms with Crippen molar-refractivity contribution in [3.8, 4) is 0 Å². The van der Waals surface area contributed by atoms with Crippen LogP contribution in [-0.2, 0) is 6.54 Å². The second kappa shape index (κ2) is 5.17. The van der Waals surface area contributed by atoms with Crippen molar-refractivity contribution in [1.29, 1.82) is 0 Å². The number of nitrogens with zero attached hydrogens (tertiary/aromatic N) is 1. The van der Waals surface area contributed by atoms with Gasteiger partial charge >= 0.3 is 0 Å². The van der Waals surface area contributed by atoms with Crippen molar-refractivity contribution in [3.63, 3.8) is 0 Å². The summed E-state index contributed by atoms with van der Waals surface area (Å²) in [6.45, 7) is 5.22. The summed E-state index contributed by atoms with van der Waals surface area (Å²) in [6, 6.07) is 6.61. The maximum absolute atomic E-state index is 6.01. The Morgan fingerprint density at radius 1 is 1.50 bits per heavy atom. The van der Waals surface area contributed by atoms with Crippen molar-refractivity contribution >= 4 is 11.6 Å². The molecular formula is C13H19ClN2. The fraction of sp³-hybridized carbons (Fsp3) is 0.538. The highest BCUT2D eigenvalue weighted by Gasteiger charge is 2.16. The van der Waals surface area contributed by atoms with Gasteiger partial charge in [0.1, 0.15) is 0 Å². The molecule has 1 heterocycles. The largest absolute Gasteiger partial charge is 0.327 e. The van der Waals surface area contributed by atoms with Crippen LogP contribution in [0.3, 0.4) is 0 Å². The molecule has 2 N–H and O–H groups in total. The zero-order valence-corrected chi connectivity index (χ0v) is 10.5. The third-order valence-electron chi connectivity index (χ3n) is 3.17. The Kier molecular flexibility index (Phi) is 3.85. The fourth-order valence-electron chi connectivity index (χ4n) is 2.30. The molecule has 16 heavy (non-hydrogen) atoms. The van der Waals surface area contributed by atoms with Crippen LogP contribution < -0.4 is 5.73 Å². The van der Waals surface area contributed by atoms with Gasteiger partial charge in [-0.05, 0) is 43.5 Å². The summed E-state index contributed by atoms with van der Waals surface area (Å²) in [5.74, 6) is 0. The maximum Gasteiger partial charge on any atom is 0.0435 e. The number of hydrogen-bond acceptors (Lipinski definition) is 2. The first kappa shape index (κ1) is 11.9. The van der Waals surface area contributed by atoms with Crippen molar-refractivity contribution in [2.24, 2.45) is 5.73 Å². The molecule has 0 spiro atoms. The molecule has 1 aliphatic rings. The Morgan fingerprint density at radius 3 is 3.00 bits per heavy atom.